The molecule has 2 aliphatic heterocycles. The molecule has 0 atom stereocenters. The van der Waals surface area contributed by atoms with E-state index in [1.54, 1.807) is 13.3 Å². The summed E-state index contributed by atoms with van der Waals surface area (Å²) < 4.78 is 5.77. The van der Waals surface area contributed by atoms with E-state index in [-0.39, 0.29) is 17.2 Å². The topological polar surface area (TPSA) is 90.6 Å². The maximum Gasteiger partial charge on any atom is 0.253 e. The van der Waals surface area contributed by atoms with Crippen LogP contribution in [0.4, 0.5) is 5.69 Å². The minimum atomic E-state index is -0.00344. The van der Waals surface area contributed by atoms with Gasteiger partial charge in [0.25, 0.3) is 5.91 Å². The molecule has 4 heterocycles. The Morgan fingerprint density at radius 3 is 2.64 bits per heavy atom. The lowest BCUT2D eigenvalue weighted by atomic mass is 9.73. The fourth-order valence-electron chi connectivity index (χ4n) is 6.67. The van der Waals surface area contributed by atoms with Crippen molar-refractivity contribution in [1.82, 2.24) is 19.8 Å². The number of rotatable bonds is 8. The summed E-state index contributed by atoms with van der Waals surface area (Å²) in [7, 11) is 1.66. The summed E-state index contributed by atoms with van der Waals surface area (Å²) in [6, 6.07) is 16.3. The Morgan fingerprint density at radius 1 is 1.07 bits per heavy atom. The maximum atomic E-state index is 13.2. The molecule has 0 aliphatic carbocycles. The first-order valence-corrected chi connectivity index (χ1v) is 15.0. The number of hydrogen-bond donors (Lipinski definition) is 2. The number of carbonyl (C=O) groups excluding carboxylic acids is 2. The van der Waals surface area contributed by atoms with Gasteiger partial charge in [0.2, 0.25) is 5.91 Å². The number of aryl methyl sites for hydroxylation is 1. The molecule has 6 rings (SSSR count). The van der Waals surface area contributed by atoms with Gasteiger partial charge in [-0.05, 0) is 92.3 Å². The van der Waals surface area contributed by atoms with E-state index in [1.165, 1.54) is 11.3 Å². The van der Waals surface area contributed by atoms with Crippen LogP contribution in [0.1, 0.15) is 54.6 Å². The fourth-order valence-corrected chi connectivity index (χ4v) is 6.67. The highest BCUT2D eigenvalue weighted by Crippen LogP contribution is 2.46. The molecule has 0 unspecified atom stereocenters. The van der Waals surface area contributed by atoms with Crippen LogP contribution in [0, 0.1) is 0 Å². The van der Waals surface area contributed by atoms with E-state index in [1.807, 2.05) is 54.1 Å². The monoisotopic (exact) mass is 565 g/mol. The quantitative estimate of drug-likeness (QED) is 0.289. The first-order chi connectivity index (χ1) is 20.5. The zero-order valence-electron chi connectivity index (χ0n) is 24.7. The standard InChI is InChI=1S/C34H39N5O3/c1-4-38(5-2)33(41)24-8-11-26(30(20-24)42-3)23-9-12-29-28(19-23)34(22-37-29)14-17-39(18-15-34)31(40)13-10-25-21-36-32-27(25)7-6-16-35-32/h6-9,11-12,16,19-21,37H,4-5,10,13-15,17-18,22H2,1-3H3,(H,35,36). The van der Waals surface area contributed by atoms with Gasteiger partial charge < -0.3 is 24.8 Å². The molecule has 1 saturated heterocycles. The Morgan fingerprint density at radius 2 is 1.88 bits per heavy atom. The van der Waals surface area contributed by atoms with E-state index >= 15 is 0 Å². The molecule has 8 nitrogen and oxygen atoms in total. The second-order valence-corrected chi connectivity index (χ2v) is 11.4. The largest absolute Gasteiger partial charge is 0.496 e. The molecule has 8 heteroatoms. The molecule has 1 fully saturated rings. The zero-order valence-corrected chi connectivity index (χ0v) is 24.7. The second-order valence-electron chi connectivity index (χ2n) is 11.4. The number of methoxy groups -OCH3 is 1. The highest BCUT2D eigenvalue weighted by Gasteiger charge is 2.42. The molecule has 1 spiro atoms. The summed E-state index contributed by atoms with van der Waals surface area (Å²) in [5, 5.41) is 4.72. The van der Waals surface area contributed by atoms with E-state index in [0.29, 0.717) is 37.2 Å². The van der Waals surface area contributed by atoms with Crippen LogP contribution in [-0.4, -0.2) is 71.4 Å². The van der Waals surface area contributed by atoms with Crippen molar-refractivity contribution in [1.29, 1.82) is 0 Å². The zero-order chi connectivity index (χ0) is 29.3. The van der Waals surface area contributed by atoms with Crippen LogP contribution in [0.3, 0.4) is 0 Å². The Kier molecular flexibility index (Phi) is 7.62. The van der Waals surface area contributed by atoms with Crippen molar-refractivity contribution < 1.29 is 14.3 Å². The third-order valence-corrected chi connectivity index (χ3v) is 9.24. The van der Waals surface area contributed by atoms with Crippen LogP contribution in [0.2, 0.25) is 0 Å². The van der Waals surface area contributed by atoms with Crippen molar-refractivity contribution in [2.24, 2.45) is 0 Å². The molecule has 4 aromatic rings. The number of ether oxygens (including phenoxy) is 1. The van der Waals surface area contributed by atoms with E-state index in [9.17, 15) is 9.59 Å². The van der Waals surface area contributed by atoms with Gasteiger partial charge >= 0.3 is 0 Å². The average molecular weight is 566 g/mol. The number of nitrogens with one attached hydrogen (secondary N) is 2. The van der Waals surface area contributed by atoms with Gasteiger partial charge in [-0.15, -0.1) is 0 Å². The Balaban J connectivity index is 1.16. The number of likely N-dealkylation sites (tertiary alicyclic amines) is 1. The molecule has 2 N–H and O–H groups in total. The van der Waals surface area contributed by atoms with Gasteiger partial charge in [0.15, 0.2) is 0 Å². The summed E-state index contributed by atoms with van der Waals surface area (Å²) in [5.41, 5.74) is 7.16. The maximum absolute atomic E-state index is 13.2. The summed E-state index contributed by atoms with van der Waals surface area (Å²) in [6.45, 7) is 7.71. The molecule has 42 heavy (non-hydrogen) atoms. The van der Waals surface area contributed by atoms with Crippen LogP contribution in [0.15, 0.2) is 60.9 Å². The Labute approximate surface area is 247 Å². The van der Waals surface area contributed by atoms with Gasteiger partial charge in [-0.2, -0.15) is 0 Å². The number of piperidine rings is 1. The number of fused-ring (bicyclic) bond motifs is 3. The summed E-state index contributed by atoms with van der Waals surface area (Å²) >= 11 is 0. The van der Waals surface area contributed by atoms with Crippen molar-refractivity contribution in [3.63, 3.8) is 0 Å². The first-order valence-electron chi connectivity index (χ1n) is 15.0. The number of benzene rings is 2. The smallest absolute Gasteiger partial charge is 0.253 e. The third kappa shape index (κ3) is 4.99. The number of anilines is 1. The number of nitrogens with zero attached hydrogens (tertiary/aromatic N) is 3. The van der Waals surface area contributed by atoms with Crippen LogP contribution >= 0.6 is 0 Å². The van der Waals surface area contributed by atoms with E-state index in [4.69, 9.17) is 4.74 Å². The lowest BCUT2D eigenvalue weighted by Gasteiger charge is -2.39. The van der Waals surface area contributed by atoms with Crippen LogP contribution < -0.4 is 10.1 Å². The predicted molar refractivity (Wildman–Crippen MR) is 166 cm³/mol. The fraction of sp³-hybridized carbons (Fsp3) is 0.382. The van der Waals surface area contributed by atoms with Gasteiger partial charge in [0.1, 0.15) is 11.4 Å². The van der Waals surface area contributed by atoms with E-state index < -0.39 is 0 Å². The van der Waals surface area contributed by atoms with Crippen molar-refractivity contribution in [2.75, 3.05) is 45.2 Å². The number of amides is 2. The molecule has 2 amide bonds. The van der Waals surface area contributed by atoms with E-state index in [2.05, 4.69) is 39.6 Å². The summed E-state index contributed by atoms with van der Waals surface area (Å²) in [5.74, 6) is 0.924. The Hall–Kier alpha value is -4.33. The summed E-state index contributed by atoms with van der Waals surface area (Å²) in [6.07, 6.45) is 6.81. The van der Waals surface area contributed by atoms with Gasteiger partial charge in [-0.3, -0.25) is 9.59 Å². The average Bonchev–Trinajstić information content (AvgIpc) is 3.61. The van der Waals surface area contributed by atoms with Crippen molar-refractivity contribution >= 4 is 28.5 Å². The lowest BCUT2D eigenvalue weighted by molar-refractivity contribution is -0.132. The van der Waals surface area contributed by atoms with Crippen LogP contribution in [-0.2, 0) is 16.6 Å². The molecular weight excluding hydrogens is 526 g/mol. The van der Waals surface area contributed by atoms with Gasteiger partial charge in [0.05, 0.1) is 7.11 Å². The first kappa shape index (κ1) is 27.8. The Bertz CT molecular complexity index is 1610. The normalized spacial score (nSPS) is 15.5. The highest BCUT2D eigenvalue weighted by atomic mass is 16.5. The molecule has 2 aromatic carbocycles. The minimum Gasteiger partial charge on any atom is -0.496 e. The highest BCUT2D eigenvalue weighted by molar-refractivity contribution is 5.95. The molecule has 2 aromatic heterocycles. The molecular formula is C34H39N5O3. The lowest BCUT2D eigenvalue weighted by Crippen LogP contribution is -2.46. The van der Waals surface area contributed by atoms with Crippen molar-refractivity contribution in [3.8, 4) is 16.9 Å². The molecule has 2 aliphatic rings. The van der Waals surface area contributed by atoms with Crippen molar-refractivity contribution in [3.05, 3.63) is 77.6 Å². The number of aromatic nitrogens is 2. The minimum absolute atomic E-state index is 0.00344. The molecule has 0 radical (unpaired) electrons. The molecule has 0 saturated carbocycles. The number of aromatic amines is 1. The van der Waals surface area contributed by atoms with Gasteiger partial charge in [0, 0.05) is 79.2 Å². The number of H-pyrrole nitrogens is 1. The van der Waals surface area contributed by atoms with E-state index in [0.717, 1.165) is 60.2 Å². The number of pyridine rings is 1. The summed E-state index contributed by atoms with van der Waals surface area (Å²) in [4.78, 5) is 37.5. The number of carbonyl (C=O) groups is 2. The van der Waals surface area contributed by atoms with Crippen LogP contribution in [0.25, 0.3) is 22.2 Å². The van der Waals surface area contributed by atoms with Gasteiger partial charge in [-0.1, -0.05) is 6.07 Å². The van der Waals surface area contributed by atoms with Crippen LogP contribution in [0.5, 0.6) is 5.75 Å². The molecule has 218 valence electrons. The number of hydrogen-bond acceptors (Lipinski definition) is 5. The molecule has 0 bridgehead atoms. The van der Waals surface area contributed by atoms with Crippen molar-refractivity contribution in [2.45, 2.75) is 44.9 Å². The van der Waals surface area contributed by atoms with Gasteiger partial charge in [-0.25, -0.2) is 4.98 Å². The SMILES string of the molecule is CCN(CC)C(=O)c1ccc(-c2ccc3c(c2)C2(CCN(C(=O)CCc4c[nH]c5ncccc45)CC2)CN3)c(OC)c1. The third-order valence-electron chi connectivity index (χ3n) is 9.24. The predicted octanol–water partition coefficient (Wildman–Crippen LogP) is 5.64. The second kappa shape index (κ2) is 11.5.